The molecule has 3 rings (SSSR count). The third kappa shape index (κ3) is 6.70. The average molecular weight is 596 g/mol. The third-order valence-corrected chi connectivity index (χ3v) is 5.28. The minimum absolute atomic E-state index is 0.0845. The van der Waals surface area contributed by atoms with Gasteiger partial charge in [0.2, 0.25) is 5.84 Å². The number of hydrogen-bond donors (Lipinski definition) is 4. The molecular weight excluding hydrogens is 575 g/mol. The van der Waals surface area contributed by atoms with E-state index in [1.54, 1.807) is 26.0 Å². The van der Waals surface area contributed by atoms with Gasteiger partial charge in [0, 0.05) is 17.2 Å². The topological polar surface area (TPSA) is 172 Å². The molecule has 0 bridgehead atoms. The molecule has 0 aliphatic carbocycles. The van der Waals surface area contributed by atoms with Crippen LogP contribution in [0.1, 0.15) is 39.0 Å². The zero-order valence-corrected chi connectivity index (χ0v) is 21.5. The van der Waals surface area contributed by atoms with E-state index in [1.165, 1.54) is 24.4 Å². The molecule has 0 spiro atoms. The van der Waals surface area contributed by atoms with E-state index in [-0.39, 0.29) is 40.8 Å². The Kier molecular flexibility index (Phi) is 8.77. The van der Waals surface area contributed by atoms with Gasteiger partial charge in [-0.05, 0) is 55.0 Å². The van der Waals surface area contributed by atoms with Crippen LogP contribution in [-0.2, 0) is 6.54 Å². The summed E-state index contributed by atoms with van der Waals surface area (Å²) in [6, 6.07) is 7.32. The monoisotopic (exact) mass is 595 g/mol. The van der Waals surface area contributed by atoms with Gasteiger partial charge in [-0.1, -0.05) is 15.9 Å². The van der Waals surface area contributed by atoms with Gasteiger partial charge in [-0.25, -0.2) is 9.67 Å². The first-order valence-electron chi connectivity index (χ1n) is 10.8. The van der Waals surface area contributed by atoms with Crippen molar-refractivity contribution in [2.24, 2.45) is 21.2 Å². The van der Waals surface area contributed by atoms with Crippen molar-refractivity contribution < 1.29 is 27.9 Å². The predicted octanol–water partition coefficient (Wildman–Crippen LogP) is 3.83. The van der Waals surface area contributed by atoms with Crippen LogP contribution in [0.5, 0.6) is 5.75 Å². The largest absolute Gasteiger partial charge is 0.504 e. The Morgan fingerprint density at radius 3 is 2.63 bits per heavy atom. The molecule has 1 aromatic carbocycles. The van der Waals surface area contributed by atoms with E-state index in [0.717, 1.165) is 4.68 Å². The Morgan fingerprint density at radius 2 is 1.97 bits per heavy atom. The minimum Gasteiger partial charge on any atom is -0.504 e. The smallest absolute Gasteiger partial charge is 0.450 e. The summed E-state index contributed by atoms with van der Waals surface area (Å²) in [7, 11) is 0. The van der Waals surface area contributed by atoms with Crippen molar-refractivity contribution in [1.29, 1.82) is 0 Å². The molecule has 16 heteroatoms. The molecule has 0 unspecified atom stereocenters. The van der Waals surface area contributed by atoms with E-state index in [1.807, 2.05) is 0 Å². The van der Waals surface area contributed by atoms with Gasteiger partial charge in [0.1, 0.15) is 12.2 Å². The summed E-state index contributed by atoms with van der Waals surface area (Å²) < 4.78 is 39.0. The van der Waals surface area contributed by atoms with Crippen LogP contribution in [0.4, 0.5) is 18.9 Å². The summed E-state index contributed by atoms with van der Waals surface area (Å²) in [5.74, 6) is -3.22. The molecule has 0 fully saturated rings. The first-order valence-corrected chi connectivity index (χ1v) is 11.6. The maximum absolute atomic E-state index is 13.4. The van der Waals surface area contributed by atoms with Crippen molar-refractivity contribution in [2.75, 3.05) is 11.9 Å². The lowest BCUT2D eigenvalue weighted by atomic mass is 10.1. The molecule has 3 aromatic rings. The van der Waals surface area contributed by atoms with Crippen molar-refractivity contribution in [1.82, 2.24) is 20.1 Å². The molecule has 0 radical (unpaired) electrons. The van der Waals surface area contributed by atoms with E-state index in [9.17, 15) is 27.9 Å². The fourth-order valence-electron chi connectivity index (χ4n) is 3.14. The molecule has 0 saturated heterocycles. The van der Waals surface area contributed by atoms with Gasteiger partial charge in [0.05, 0.1) is 16.9 Å². The van der Waals surface area contributed by atoms with Crippen LogP contribution in [0.2, 0.25) is 0 Å². The minimum atomic E-state index is -4.86. The number of benzene rings is 1. The van der Waals surface area contributed by atoms with E-state index in [0.29, 0.717) is 16.6 Å². The predicted molar refractivity (Wildman–Crippen MR) is 134 cm³/mol. The first kappa shape index (κ1) is 28.2. The molecule has 2 heterocycles. The highest BCUT2D eigenvalue weighted by Gasteiger charge is 2.34. The quantitative estimate of drug-likeness (QED) is 0.133. The molecule has 0 saturated carbocycles. The number of rotatable bonds is 8. The second-order valence-corrected chi connectivity index (χ2v) is 8.53. The maximum Gasteiger partial charge on any atom is 0.450 e. The van der Waals surface area contributed by atoms with Gasteiger partial charge >= 0.3 is 6.18 Å². The zero-order chi connectivity index (χ0) is 28.0. The Labute approximate surface area is 222 Å². The number of aromatic hydroxyl groups is 1. The molecule has 2 aromatic heterocycles. The lowest BCUT2D eigenvalue weighted by Gasteiger charge is -2.15. The van der Waals surface area contributed by atoms with E-state index in [4.69, 9.17) is 5.73 Å². The highest BCUT2D eigenvalue weighted by Crippen LogP contribution is 2.28. The SMILES string of the molecule is CCNC(=O)c1cc(Br)cc(C)c1NC(=O)c1cc(CN=NN=C(N)C(F)(F)F)nn1-c1ncccc1O. The number of aryl methyl sites for hydroxylation is 1. The van der Waals surface area contributed by atoms with Crippen molar-refractivity contribution in [3.63, 3.8) is 0 Å². The number of hydrogen-bond acceptors (Lipinski definition) is 7. The maximum atomic E-state index is 13.4. The van der Waals surface area contributed by atoms with Crippen molar-refractivity contribution in [3.05, 3.63) is 63.5 Å². The summed E-state index contributed by atoms with van der Waals surface area (Å²) >= 11 is 3.34. The number of alkyl halides is 3. The standard InChI is InChI=1S/C22H21BrF3N9O3/c1-3-28-19(37)14-8-12(23)7-11(2)17(14)31-20(38)15-9-13(10-30-34-32-21(27)22(24,25)26)33-35(15)18-16(36)5-4-6-29-18/h4-9,36H,3,10H2,1-2H3,(H,28,37)(H,31,38)(H2,27,30,32). The Balaban J connectivity index is 2.00. The van der Waals surface area contributed by atoms with Crippen LogP contribution in [0, 0.1) is 6.92 Å². The van der Waals surface area contributed by atoms with Crippen molar-refractivity contribution in [2.45, 2.75) is 26.6 Å². The molecule has 12 nitrogen and oxygen atoms in total. The number of carbonyl (C=O) groups excluding carboxylic acids is 2. The van der Waals surface area contributed by atoms with Crippen LogP contribution >= 0.6 is 15.9 Å². The lowest BCUT2D eigenvalue weighted by molar-refractivity contribution is -0.0600. The summed E-state index contributed by atoms with van der Waals surface area (Å²) in [6.45, 7) is 3.43. The number of amides is 2. The van der Waals surface area contributed by atoms with Gasteiger partial charge < -0.3 is 21.5 Å². The lowest BCUT2D eigenvalue weighted by Crippen LogP contribution is -2.30. The van der Waals surface area contributed by atoms with E-state index >= 15 is 0 Å². The second kappa shape index (κ2) is 11.8. The number of anilines is 1. The fourth-order valence-corrected chi connectivity index (χ4v) is 3.72. The number of amidine groups is 1. The van der Waals surface area contributed by atoms with Crippen LogP contribution in [-0.4, -0.2) is 50.2 Å². The number of carbonyl (C=O) groups is 2. The van der Waals surface area contributed by atoms with Crippen LogP contribution in [0.15, 0.2) is 56.4 Å². The number of nitrogens with zero attached hydrogens (tertiary/aromatic N) is 6. The highest BCUT2D eigenvalue weighted by atomic mass is 79.9. The molecule has 200 valence electrons. The Morgan fingerprint density at radius 1 is 1.24 bits per heavy atom. The molecule has 38 heavy (non-hydrogen) atoms. The molecular formula is C22H21BrF3N9O3. The number of aromatic nitrogens is 3. The van der Waals surface area contributed by atoms with E-state index < -0.39 is 23.8 Å². The number of nitrogens with one attached hydrogen (secondary N) is 2. The van der Waals surface area contributed by atoms with E-state index in [2.05, 4.69) is 52.1 Å². The molecule has 0 aliphatic heterocycles. The molecule has 5 N–H and O–H groups in total. The number of nitrogens with two attached hydrogens (primary N) is 1. The molecule has 0 atom stereocenters. The van der Waals surface area contributed by atoms with Crippen molar-refractivity contribution >= 4 is 39.3 Å². The third-order valence-electron chi connectivity index (χ3n) is 4.82. The zero-order valence-electron chi connectivity index (χ0n) is 19.9. The van der Waals surface area contributed by atoms with Gasteiger partial charge in [-0.15, -0.1) is 5.10 Å². The van der Waals surface area contributed by atoms with Crippen LogP contribution in [0.25, 0.3) is 5.82 Å². The van der Waals surface area contributed by atoms with Crippen LogP contribution < -0.4 is 16.4 Å². The summed E-state index contributed by atoms with van der Waals surface area (Å²) in [6.07, 6.45) is -3.50. The van der Waals surface area contributed by atoms with Crippen LogP contribution in [0.3, 0.4) is 0 Å². The highest BCUT2D eigenvalue weighted by molar-refractivity contribution is 9.10. The van der Waals surface area contributed by atoms with Gasteiger partial charge in [-0.3, -0.25) is 9.59 Å². The Hall–Kier alpha value is -4.34. The second-order valence-electron chi connectivity index (χ2n) is 7.61. The number of halogens is 4. The normalized spacial score (nSPS) is 12.1. The summed E-state index contributed by atoms with van der Waals surface area (Å²) in [4.78, 5) is 30.1. The summed E-state index contributed by atoms with van der Waals surface area (Å²) in [5.41, 5.74) is 5.75. The molecule has 0 aliphatic rings. The Bertz CT molecular complexity index is 1420. The van der Waals surface area contributed by atoms with Gasteiger partial charge in [-0.2, -0.15) is 23.4 Å². The van der Waals surface area contributed by atoms with Gasteiger partial charge in [0.15, 0.2) is 11.6 Å². The summed E-state index contributed by atoms with van der Waals surface area (Å²) in [5, 5.41) is 29.2. The molecule has 2 amide bonds. The van der Waals surface area contributed by atoms with Crippen molar-refractivity contribution in [3.8, 4) is 11.6 Å². The number of pyridine rings is 1. The first-order chi connectivity index (χ1) is 17.9. The fraction of sp³-hybridized carbons (Fsp3) is 0.227. The van der Waals surface area contributed by atoms with Gasteiger partial charge in [0.25, 0.3) is 11.8 Å². The average Bonchev–Trinajstić information content (AvgIpc) is 3.27.